The summed E-state index contributed by atoms with van der Waals surface area (Å²) in [5.74, 6) is -2.54. The van der Waals surface area contributed by atoms with Gasteiger partial charge in [-0.15, -0.1) is 0 Å². The molecule has 0 saturated carbocycles. The lowest BCUT2D eigenvalue weighted by atomic mass is 10.1. The van der Waals surface area contributed by atoms with Crippen LogP contribution in [0.4, 0.5) is 27.6 Å². The van der Waals surface area contributed by atoms with Crippen molar-refractivity contribution in [2.45, 2.75) is 25.4 Å². The number of alkyl halides is 3. The fourth-order valence-corrected chi connectivity index (χ4v) is 2.22. The number of rotatable bonds is 1. The number of anilines is 1. The Kier molecular flexibility index (Phi) is 3.45. The number of hydrogen-bond acceptors (Lipinski definition) is 1. The van der Waals surface area contributed by atoms with Gasteiger partial charge < -0.3 is 4.90 Å². The van der Waals surface area contributed by atoms with Crippen molar-refractivity contribution in [3.8, 4) is 0 Å². The molecule has 0 spiro atoms. The van der Waals surface area contributed by atoms with Crippen LogP contribution in [0.1, 0.15) is 24.8 Å². The zero-order valence-corrected chi connectivity index (χ0v) is 9.53. The quantitative estimate of drug-likeness (QED) is 0.694. The van der Waals surface area contributed by atoms with E-state index in [0.717, 1.165) is 25.3 Å². The molecule has 0 aliphatic carbocycles. The van der Waals surface area contributed by atoms with Crippen LogP contribution in [-0.2, 0) is 6.18 Å². The summed E-state index contributed by atoms with van der Waals surface area (Å²) in [6, 6.07) is 1.04. The highest BCUT2D eigenvalue weighted by Crippen LogP contribution is 2.39. The van der Waals surface area contributed by atoms with Gasteiger partial charge in [0.05, 0.1) is 5.69 Å². The van der Waals surface area contributed by atoms with Gasteiger partial charge in [0.25, 0.3) is 0 Å². The van der Waals surface area contributed by atoms with Crippen molar-refractivity contribution in [2.75, 3.05) is 18.0 Å². The summed E-state index contributed by atoms with van der Waals surface area (Å²) < 4.78 is 64.9. The van der Waals surface area contributed by atoms with Crippen LogP contribution in [0.3, 0.4) is 0 Å². The van der Waals surface area contributed by atoms with E-state index in [0.29, 0.717) is 13.1 Å². The number of benzene rings is 1. The topological polar surface area (TPSA) is 3.24 Å². The van der Waals surface area contributed by atoms with Crippen molar-refractivity contribution < 1.29 is 22.0 Å². The summed E-state index contributed by atoms with van der Waals surface area (Å²) in [5.41, 5.74) is -1.76. The average molecular weight is 265 g/mol. The minimum Gasteiger partial charge on any atom is -0.371 e. The van der Waals surface area contributed by atoms with Crippen LogP contribution in [0.15, 0.2) is 12.1 Å². The molecule has 1 aromatic carbocycles. The molecule has 1 aliphatic rings. The van der Waals surface area contributed by atoms with Gasteiger partial charge in [0, 0.05) is 19.2 Å². The van der Waals surface area contributed by atoms with E-state index in [9.17, 15) is 22.0 Å². The predicted octanol–water partition coefficient (Wildman–Crippen LogP) is 3.97. The number of halogens is 5. The molecule has 0 unspecified atom stereocenters. The minimum absolute atomic E-state index is 0.274. The van der Waals surface area contributed by atoms with Crippen molar-refractivity contribution in [1.29, 1.82) is 0 Å². The van der Waals surface area contributed by atoms with Gasteiger partial charge >= 0.3 is 6.18 Å². The van der Waals surface area contributed by atoms with E-state index >= 15 is 0 Å². The number of hydrogen-bond donors (Lipinski definition) is 0. The molecule has 1 heterocycles. The zero-order chi connectivity index (χ0) is 13.3. The van der Waals surface area contributed by atoms with Gasteiger partial charge in [0.2, 0.25) is 0 Å². The van der Waals surface area contributed by atoms with E-state index in [2.05, 4.69) is 0 Å². The van der Waals surface area contributed by atoms with E-state index in [1.54, 1.807) is 0 Å². The maximum Gasteiger partial charge on any atom is 0.421 e. The van der Waals surface area contributed by atoms with Crippen LogP contribution in [0.2, 0.25) is 0 Å². The molecular weight excluding hydrogens is 253 g/mol. The molecule has 0 radical (unpaired) electrons. The standard InChI is InChI=1S/C12H12F5N/c13-8-6-9(14)11(12(15,16)17)10(7-8)18-4-2-1-3-5-18/h6-7H,1-5H2. The summed E-state index contributed by atoms with van der Waals surface area (Å²) >= 11 is 0. The van der Waals surface area contributed by atoms with Gasteiger partial charge in [-0.3, -0.25) is 0 Å². The molecule has 1 nitrogen and oxygen atoms in total. The lowest BCUT2D eigenvalue weighted by molar-refractivity contribution is -0.139. The molecule has 2 rings (SSSR count). The molecule has 6 heteroatoms. The van der Waals surface area contributed by atoms with E-state index in [-0.39, 0.29) is 11.8 Å². The highest BCUT2D eigenvalue weighted by atomic mass is 19.4. The van der Waals surface area contributed by atoms with Crippen LogP contribution in [0, 0.1) is 11.6 Å². The third-order valence-corrected chi connectivity index (χ3v) is 3.01. The largest absolute Gasteiger partial charge is 0.421 e. The fourth-order valence-electron chi connectivity index (χ4n) is 2.22. The highest BCUT2D eigenvalue weighted by molar-refractivity contribution is 5.56. The third-order valence-electron chi connectivity index (χ3n) is 3.01. The molecular formula is C12H12F5N. The van der Waals surface area contributed by atoms with Crippen LogP contribution in [0.5, 0.6) is 0 Å². The third kappa shape index (κ3) is 2.57. The molecule has 0 bridgehead atoms. The molecule has 100 valence electrons. The Morgan fingerprint density at radius 1 is 0.944 bits per heavy atom. The SMILES string of the molecule is Fc1cc(F)c(C(F)(F)F)c(N2CCCCC2)c1. The second-order valence-electron chi connectivity index (χ2n) is 4.33. The second kappa shape index (κ2) is 4.74. The van der Waals surface area contributed by atoms with E-state index in [4.69, 9.17) is 0 Å². The van der Waals surface area contributed by atoms with Crippen molar-refractivity contribution in [1.82, 2.24) is 0 Å². The zero-order valence-electron chi connectivity index (χ0n) is 9.53. The molecule has 0 N–H and O–H groups in total. The Morgan fingerprint density at radius 2 is 1.56 bits per heavy atom. The van der Waals surface area contributed by atoms with Crippen molar-refractivity contribution in [3.63, 3.8) is 0 Å². The Balaban J connectivity index is 2.49. The fraction of sp³-hybridized carbons (Fsp3) is 0.500. The van der Waals surface area contributed by atoms with Gasteiger partial charge in [-0.1, -0.05) is 0 Å². The van der Waals surface area contributed by atoms with Crippen LogP contribution in [0.25, 0.3) is 0 Å². The van der Waals surface area contributed by atoms with E-state index in [1.165, 1.54) is 4.90 Å². The number of piperidine rings is 1. The first-order chi connectivity index (χ1) is 8.39. The Hall–Kier alpha value is -1.33. The first kappa shape index (κ1) is 13.1. The van der Waals surface area contributed by atoms with Crippen LogP contribution >= 0.6 is 0 Å². The van der Waals surface area contributed by atoms with Gasteiger partial charge in [-0.2, -0.15) is 13.2 Å². The van der Waals surface area contributed by atoms with Gasteiger partial charge in [0.15, 0.2) is 0 Å². The van der Waals surface area contributed by atoms with Gasteiger partial charge in [0.1, 0.15) is 17.2 Å². The summed E-state index contributed by atoms with van der Waals surface area (Å²) in [4.78, 5) is 1.40. The predicted molar refractivity (Wildman–Crippen MR) is 57.4 cm³/mol. The molecule has 18 heavy (non-hydrogen) atoms. The normalized spacial score (nSPS) is 17.1. The summed E-state index contributed by atoms with van der Waals surface area (Å²) in [7, 11) is 0. The minimum atomic E-state index is -4.81. The summed E-state index contributed by atoms with van der Waals surface area (Å²) in [6.45, 7) is 0.790. The molecule has 0 aromatic heterocycles. The Bertz CT molecular complexity index is 435. The van der Waals surface area contributed by atoms with Gasteiger partial charge in [-0.25, -0.2) is 8.78 Å². The lowest BCUT2D eigenvalue weighted by Gasteiger charge is -2.31. The number of nitrogens with zero attached hydrogens (tertiary/aromatic N) is 1. The van der Waals surface area contributed by atoms with Crippen molar-refractivity contribution in [3.05, 3.63) is 29.3 Å². The molecule has 1 fully saturated rings. The first-order valence-electron chi connectivity index (χ1n) is 5.71. The lowest BCUT2D eigenvalue weighted by Crippen LogP contribution is -2.32. The maximum absolute atomic E-state index is 13.4. The smallest absolute Gasteiger partial charge is 0.371 e. The van der Waals surface area contributed by atoms with Crippen LogP contribution < -0.4 is 4.90 Å². The average Bonchev–Trinajstić information content (AvgIpc) is 2.27. The molecule has 1 aromatic rings. The second-order valence-corrected chi connectivity index (χ2v) is 4.33. The van der Waals surface area contributed by atoms with Crippen molar-refractivity contribution in [2.24, 2.45) is 0 Å². The molecule has 0 amide bonds. The van der Waals surface area contributed by atoms with E-state index in [1.807, 2.05) is 0 Å². The van der Waals surface area contributed by atoms with Crippen molar-refractivity contribution >= 4 is 5.69 Å². The summed E-state index contributed by atoms with van der Waals surface area (Å²) in [6.07, 6.45) is -2.43. The Labute approximate surface area is 101 Å². The highest BCUT2D eigenvalue weighted by Gasteiger charge is 2.39. The monoisotopic (exact) mass is 265 g/mol. The van der Waals surface area contributed by atoms with E-state index < -0.39 is 23.4 Å². The summed E-state index contributed by atoms with van der Waals surface area (Å²) in [5, 5.41) is 0. The maximum atomic E-state index is 13.4. The Morgan fingerprint density at radius 3 is 2.11 bits per heavy atom. The molecule has 1 aliphatic heterocycles. The van der Waals surface area contributed by atoms with Crippen LogP contribution in [-0.4, -0.2) is 13.1 Å². The first-order valence-corrected chi connectivity index (χ1v) is 5.71. The molecule has 1 saturated heterocycles. The molecule has 0 atom stereocenters. The van der Waals surface area contributed by atoms with Gasteiger partial charge in [-0.05, 0) is 25.3 Å².